The van der Waals surface area contributed by atoms with Crippen molar-refractivity contribution in [1.29, 1.82) is 0 Å². The van der Waals surface area contributed by atoms with E-state index >= 15 is 0 Å². The van der Waals surface area contributed by atoms with E-state index in [1.807, 2.05) is 0 Å². The molecule has 0 saturated carbocycles. The van der Waals surface area contributed by atoms with Gasteiger partial charge in [-0.15, -0.1) is 0 Å². The quantitative estimate of drug-likeness (QED) is 0.497. The Balaban J connectivity index is 2.34. The van der Waals surface area contributed by atoms with Gasteiger partial charge in [0, 0.05) is 25.7 Å². The SMILES string of the molecule is NC(CO)CN1CCCNC1=O. The molecule has 70 valence electrons. The lowest BCUT2D eigenvalue weighted by atomic mass is 10.2. The molecule has 1 atom stereocenters. The van der Waals surface area contributed by atoms with E-state index in [1.165, 1.54) is 0 Å². The summed E-state index contributed by atoms with van der Waals surface area (Å²) in [5, 5.41) is 11.4. The Labute approximate surface area is 71.5 Å². The number of carbonyl (C=O) groups excluding carboxylic acids is 1. The van der Waals surface area contributed by atoms with Crippen molar-refractivity contribution >= 4 is 6.03 Å². The zero-order chi connectivity index (χ0) is 8.97. The van der Waals surface area contributed by atoms with Crippen molar-refractivity contribution < 1.29 is 9.90 Å². The maximum atomic E-state index is 11.1. The normalized spacial score (nSPS) is 20.5. The molecule has 0 aromatic carbocycles. The van der Waals surface area contributed by atoms with Gasteiger partial charge in [-0.1, -0.05) is 0 Å². The molecule has 1 saturated heterocycles. The molecule has 0 radical (unpaired) electrons. The van der Waals surface area contributed by atoms with Crippen LogP contribution in [0.2, 0.25) is 0 Å². The number of rotatable bonds is 3. The molecule has 5 heteroatoms. The number of urea groups is 1. The zero-order valence-electron chi connectivity index (χ0n) is 6.99. The summed E-state index contributed by atoms with van der Waals surface area (Å²) in [7, 11) is 0. The first kappa shape index (κ1) is 9.28. The highest BCUT2D eigenvalue weighted by Crippen LogP contribution is 1.99. The summed E-state index contributed by atoms with van der Waals surface area (Å²) in [4.78, 5) is 12.8. The molecule has 4 N–H and O–H groups in total. The lowest BCUT2D eigenvalue weighted by Gasteiger charge is -2.29. The maximum absolute atomic E-state index is 11.1. The predicted molar refractivity (Wildman–Crippen MR) is 44.6 cm³/mol. The van der Waals surface area contributed by atoms with Crippen LogP contribution in [0.4, 0.5) is 4.79 Å². The largest absolute Gasteiger partial charge is 0.395 e. The predicted octanol–water partition coefficient (Wildman–Crippen LogP) is -1.28. The molecular weight excluding hydrogens is 158 g/mol. The summed E-state index contributed by atoms with van der Waals surface area (Å²) >= 11 is 0. The number of aliphatic hydroxyl groups excluding tert-OH is 1. The van der Waals surface area contributed by atoms with E-state index in [9.17, 15) is 4.79 Å². The van der Waals surface area contributed by atoms with Crippen LogP contribution in [0.25, 0.3) is 0 Å². The van der Waals surface area contributed by atoms with Crippen LogP contribution in [-0.4, -0.2) is 48.3 Å². The molecule has 1 rings (SSSR count). The van der Waals surface area contributed by atoms with E-state index < -0.39 is 0 Å². The van der Waals surface area contributed by atoms with E-state index in [-0.39, 0.29) is 18.7 Å². The van der Waals surface area contributed by atoms with Gasteiger partial charge in [-0.25, -0.2) is 4.79 Å². The van der Waals surface area contributed by atoms with Crippen LogP contribution in [0.5, 0.6) is 0 Å². The van der Waals surface area contributed by atoms with Gasteiger partial charge in [-0.2, -0.15) is 0 Å². The first-order chi connectivity index (χ1) is 5.74. The number of amides is 2. The Bertz CT molecular complexity index is 163. The molecule has 0 spiro atoms. The minimum absolute atomic E-state index is 0.0786. The van der Waals surface area contributed by atoms with Crippen LogP contribution in [-0.2, 0) is 0 Å². The molecule has 2 amide bonds. The van der Waals surface area contributed by atoms with Gasteiger partial charge in [0.25, 0.3) is 0 Å². The smallest absolute Gasteiger partial charge is 0.317 e. The molecule has 12 heavy (non-hydrogen) atoms. The molecule has 0 bridgehead atoms. The molecule has 1 unspecified atom stereocenters. The Morgan fingerprint density at radius 1 is 1.75 bits per heavy atom. The summed E-state index contributed by atoms with van der Waals surface area (Å²) in [5.41, 5.74) is 5.49. The number of nitrogens with two attached hydrogens (primary N) is 1. The topological polar surface area (TPSA) is 78.6 Å². The number of nitrogens with one attached hydrogen (secondary N) is 1. The van der Waals surface area contributed by atoms with Gasteiger partial charge >= 0.3 is 6.03 Å². The van der Waals surface area contributed by atoms with Gasteiger partial charge in [0.05, 0.1) is 6.61 Å². The highest BCUT2D eigenvalue weighted by atomic mass is 16.3. The molecule has 5 nitrogen and oxygen atoms in total. The summed E-state index contributed by atoms with van der Waals surface area (Å²) < 4.78 is 0. The van der Waals surface area contributed by atoms with E-state index in [0.717, 1.165) is 19.5 Å². The lowest BCUT2D eigenvalue weighted by Crippen LogP contribution is -2.51. The lowest BCUT2D eigenvalue weighted by molar-refractivity contribution is 0.170. The van der Waals surface area contributed by atoms with Crippen LogP contribution in [0.15, 0.2) is 0 Å². The fourth-order valence-corrected chi connectivity index (χ4v) is 1.19. The van der Waals surface area contributed by atoms with Crippen LogP contribution in [0.3, 0.4) is 0 Å². The van der Waals surface area contributed by atoms with Crippen molar-refractivity contribution in [2.24, 2.45) is 5.73 Å². The third-order valence-corrected chi connectivity index (χ3v) is 1.86. The number of aliphatic hydroxyl groups is 1. The van der Waals surface area contributed by atoms with Crippen LogP contribution < -0.4 is 11.1 Å². The van der Waals surface area contributed by atoms with Crippen molar-refractivity contribution in [1.82, 2.24) is 10.2 Å². The fourth-order valence-electron chi connectivity index (χ4n) is 1.19. The summed E-state index contributed by atoms with van der Waals surface area (Å²) in [6.45, 7) is 1.83. The van der Waals surface area contributed by atoms with Crippen molar-refractivity contribution in [2.75, 3.05) is 26.2 Å². The van der Waals surface area contributed by atoms with Crippen LogP contribution >= 0.6 is 0 Å². The average molecular weight is 173 g/mol. The molecule has 1 aliphatic rings. The summed E-state index contributed by atoms with van der Waals surface area (Å²) in [6.07, 6.45) is 0.948. The average Bonchev–Trinajstić information content (AvgIpc) is 2.09. The Kier molecular flexibility index (Phi) is 3.31. The second-order valence-corrected chi connectivity index (χ2v) is 2.97. The number of carbonyl (C=O) groups is 1. The number of hydrogen-bond acceptors (Lipinski definition) is 3. The molecule has 0 aliphatic carbocycles. The van der Waals surface area contributed by atoms with Crippen molar-refractivity contribution in [3.63, 3.8) is 0 Å². The summed E-state index contributed by atoms with van der Waals surface area (Å²) in [6, 6.07) is -0.404. The second kappa shape index (κ2) is 4.27. The first-order valence-electron chi connectivity index (χ1n) is 4.13. The third kappa shape index (κ3) is 2.35. The Morgan fingerprint density at radius 3 is 3.08 bits per heavy atom. The number of nitrogens with zero attached hydrogens (tertiary/aromatic N) is 1. The maximum Gasteiger partial charge on any atom is 0.317 e. The summed E-state index contributed by atoms with van der Waals surface area (Å²) in [5.74, 6) is 0. The van der Waals surface area contributed by atoms with Crippen molar-refractivity contribution in [2.45, 2.75) is 12.5 Å². The molecule has 0 aromatic rings. The monoisotopic (exact) mass is 173 g/mol. The van der Waals surface area contributed by atoms with Gasteiger partial charge in [0.15, 0.2) is 0 Å². The van der Waals surface area contributed by atoms with Crippen LogP contribution in [0, 0.1) is 0 Å². The Hall–Kier alpha value is -0.810. The first-order valence-corrected chi connectivity index (χ1v) is 4.13. The minimum Gasteiger partial charge on any atom is -0.395 e. The van der Waals surface area contributed by atoms with Gasteiger partial charge in [-0.05, 0) is 6.42 Å². The van der Waals surface area contributed by atoms with Crippen LogP contribution in [0.1, 0.15) is 6.42 Å². The van der Waals surface area contributed by atoms with Crippen molar-refractivity contribution in [3.05, 3.63) is 0 Å². The number of hydrogen-bond donors (Lipinski definition) is 3. The van der Waals surface area contributed by atoms with Gasteiger partial charge in [0.1, 0.15) is 0 Å². The molecule has 1 heterocycles. The van der Waals surface area contributed by atoms with E-state index in [0.29, 0.717) is 6.54 Å². The van der Waals surface area contributed by atoms with Gasteiger partial charge in [-0.3, -0.25) is 0 Å². The van der Waals surface area contributed by atoms with E-state index in [4.69, 9.17) is 10.8 Å². The zero-order valence-corrected chi connectivity index (χ0v) is 6.99. The highest BCUT2D eigenvalue weighted by Gasteiger charge is 2.18. The van der Waals surface area contributed by atoms with E-state index in [2.05, 4.69) is 5.32 Å². The molecule has 1 fully saturated rings. The van der Waals surface area contributed by atoms with Gasteiger partial charge in [0.2, 0.25) is 0 Å². The molecular formula is C7H15N3O2. The standard InChI is InChI=1S/C7H15N3O2/c8-6(5-11)4-10-3-1-2-9-7(10)12/h6,11H,1-5,8H2,(H,9,12). The highest BCUT2D eigenvalue weighted by molar-refractivity contribution is 5.74. The molecule has 0 aromatic heterocycles. The fraction of sp³-hybridized carbons (Fsp3) is 0.857. The second-order valence-electron chi connectivity index (χ2n) is 2.97. The van der Waals surface area contributed by atoms with E-state index in [1.54, 1.807) is 4.90 Å². The minimum atomic E-state index is -0.325. The van der Waals surface area contributed by atoms with Crippen molar-refractivity contribution in [3.8, 4) is 0 Å². The molecule has 1 aliphatic heterocycles. The van der Waals surface area contributed by atoms with Gasteiger partial charge < -0.3 is 21.1 Å². The third-order valence-electron chi connectivity index (χ3n) is 1.86. The Morgan fingerprint density at radius 2 is 2.50 bits per heavy atom.